The Kier molecular flexibility index (Phi) is 4.12. The lowest BCUT2D eigenvalue weighted by Crippen LogP contribution is -2.53. The number of imide groups is 1. The molecule has 2 amide bonds. The number of carboxylic acid groups (broad SMARTS) is 1. The Morgan fingerprint density at radius 2 is 1.59 bits per heavy atom. The van der Waals surface area contributed by atoms with E-state index in [9.17, 15) is 19.5 Å². The van der Waals surface area contributed by atoms with Crippen molar-refractivity contribution in [3.05, 3.63) is 77.9 Å². The zero-order valence-electron chi connectivity index (χ0n) is 14.3. The zero-order valence-corrected chi connectivity index (χ0v) is 14.3. The highest BCUT2D eigenvalue weighted by Crippen LogP contribution is 2.46. The maximum Gasteiger partial charge on any atom is 0.329 e. The van der Waals surface area contributed by atoms with Gasteiger partial charge in [-0.05, 0) is 11.1 Å². The molecule has 0 spiro atoms. The normalized spacial score (nSPS) is 29.7. The van der Waals surface area contributed by atoms with E-state index in [1.165, 1.54) is 0 Å². The Hall–Kier alpha value is -3.25. The highest BCUT2D eigenvalue weighted by Gasteiger charge is 2.66. The molecule has 4 unspecified atom stereocenters. The second-order valence-corrected chi connectivity index (χ2v) is 6.78. The van der Waals surface area contributed by atoms with Crippen LogP contribution in [0.25, 0.3) is 6.08 Å². The third-order valence-corrected chi connectivity index (χ3v) is 5.30. The van der Waals surface area contributed by atoms with Gasteiger partial charge < -0.3 is 5.11 Å². The summed E-state index contributed by atoms with van der Waals surface area (Å²) in [4.78, 5) is 37.3. The van der Waals surface area contributed by atoms with Crippen LogP contribution in [-0.4, -0.2) is 28.9 Å². The van der Waals surface area contributed by atoms with Gasteiger partial charge in [0.2, 0.25) is 11.8 Å². The van der Waals surface area contributed by atoms with Crippen LogP contribution in [0.3, 0.4) is 0 Å². The molecule has 3 N–H and O–H groups in total. The minimum Gasteiger partial charge on any atom is -0.480 e. The van der Waals surface area contributed by atoms with Crippen LogP contribution in [0.15, 0.2) is 66.7 Å². The number of carbonyl (C=O) groups excluding carboxylic acids is 2. The van der Waals surface area contributed by atoms with Gasteiger partial charge in [-0.1, -0.05) is 72.8 Å². The number of carbonyl (C=O) groups is 3. The lowest BCUT2D eigenvalue weighted by molar-refractivity contribution is -0.149. The topological polar surface area (TPSA) is 95.5 Å². The smallest absolute Gasteiger partial charge is 0.329 e. The third kappa shape index (κ3) is 2.65. The monoisotopic (exact) mass is 362 g/mol. The van der Waals surface area contributed by atoms with Crippen molar-refractivity contribution in [2.75, 3.05) is 0 Å². The quantitative estimate of drug-likeness (QED) is 0.717. The van der Waals surface area contributed by atoms with E-state index in [4.69, 9.17) is 0 Å². The molecule has 136 valence electrons. The number of amides is 2. The molecule has 6 nitrogen and oxygen atoms in total. The number of rotatable bonds is 4. The summed E-state index contributed by atoms with van der Waals surface area (Å²) < 4.78 is 0. The average molecular weight is 362 g/mol. The standard InChI is InChI=1S/C21H18N2O4/c24-18-16-15(12-11-13-7-3-1-4-8-13)23-21(20(26)27,17(16)19(25)22-18)14-9-5-2-6-10-14/h1-12,15-17,23H,(H,26,27)(H,22,24,25). The number of carboxylic acids is 1. The van der Waals surface area contributed by atoms with Crippen LogP contribution in [0.5, 0.6) is 0 Å². The molecule has 0 radical (unpaired) electrons. The number of hydrogen-bond donors (Lipinski definition) is 3. The number of fused-ring (bicyclic) bond motifs is 1. The summed E-state index contributed by atoms with van der Waals surface area (Å²) in [6.07, 6.45) is 3.59. The first-order chi connectivity index (χ1) is 13.0. The van der Waals surface area contributed by atoms with Gasteiger partial charge in [-0.2, -0.15) is 0 Å². The molecular weight excluding hydrogens is 344 g/mol. The first-order valence-corrected chi connectivity index (χ1v) is 8.68. The summed E-state index contributed by atoms with van der Waals surface area (Å²) in [5.74, 6) is -3.98. The number of benzene rings is 2. The molecule has 2 saturated heterocycles. The van der Waals surface area contributed by atoms with E-state index in [1.807, 2.05) is 36.4 Å². The van der Waals surface area contributed by atoms with Crippen molar-refractivity contribution in [1.29, 1.82) is 0 Å². The molecule has 2 aromatic carbocycles. The van der Waals surface area contributed by atoms with Crippen molar-refractivity contribution >= 4 is 23.9 Å². The molecular formula is C21H18N2O4. The van der Waals surface area contributed by atoms with Gasteiger partial charge in [0, 0.05) is 6.04 Å². The maximum absolute atomic E-state index is 12.5. The highest BCUT2D eigenvalue weighted by atomic mass is 16.4. The van der Waals surface area contributed by atoms with Gasteiger partial charge in [-0.15, -0.1) is 0 Å². The van der Waals surface area contributed by atoms with E-state index in [-0.39, 0.29) is 0 Å². The van der Waals surface area contributed by atoms with Crippen LogP contribution in [0, 0.1) is 11.8 Å². The Labute approximate surface area is 155 Å². The Morgan fingerprint density at radius 3 is 2.22 bits per heavy atom. The molecule has 2 aromatic rings. The third-order valence-electron chi connectivity index (χ3n) is 5.30. The highest BCUT2D eigenvalue weighted by molar-refractivity contribution is 6.09. The summed E-state index contributed by atoms with van der Waals surface area (Å²) in [6, 6.07) is 17.5. The molecule has 2 aliphatic heterocycles. The predicted molar refractivity (Wildman–Crippen MR) is 98.3 cm³/mol. The van der Waals surface area contributed by atoms with Crippen LogP contribution < -0.4 is 10.6 Å². The number of aliphatic carboxylic acids is 1. The fourth-order valence-corrected chi connectivity index (χ4v) is 4.10. The Balaban J connectivity index is 1.80. The van der Waals surface area contributed by atoms with Gasteiger partial charge in [0.15, 0.2) is 5.54 Å². The molecule has 4 rings (SSSR count). The largest absolute Gasteiger partial charge is 0.480 e. The molecule has 0 aliphatic carbocycles. The number of hydrogen-bond acceptors (Lipinski definition) is 4. The minimum atomic E-state index is -1.66. The average Bonchev–Trinajstić information content (AvgIpc) is 3.19. The fourth-order valence-electron chi connectivity index (χ4n) is 4.10. The van der Waals surface area contributed by atoms with Crippen molar-refractivity contribution in [3.8, 4) is 0 Å². The first kappa shape index (κ1) is 17.2. The van der Waals surface area contributed by atoms with Crippen LogP contribution in [-0.2, 0) is 19.9 Å². The lowest BCUT2D eigenvalue weighted by Gasteiger charge is -2.30. The maximum atomic E-state index is 12.5. The van der Waals surface area contributed by atoms with E-state index >= 15 is 0 Å². The molecule has 0 aromatic heterocycles. The van der Waals surface area contributed by atoms with Gasteiger partial charge in [0.1, 0.15) is 0 Å². The molecule has 6 heteroatoms. The van der Waals surface area contributed by atoms with Gasteiger partial charge >= 0.3 is 5.97 Å². The molecule has 0 saturated carbocycles. The predicted octanol–water partition coefficient (Wildman–Crippen LogP) is 1.54. The lowest BCUT2D eigenvalue weighted by atomic mass is 9.76. The summed E-state index contributed by atoms with van der Waals surface area (Å²) in [5.41, 5.74) is -0.283. The number of nitrogens with one attached hydrogen (secondary N) is 2. The van der Waals surface area contributed by atoms with Crippen molar-refractivity contribution in [1.82, 2.24) is 10.6 Å². The van der Waals surface area contributed by atoms with E-state index in [1.54, 1.807) is 36.4 Å². The minimum absolute atomic E-state index is 0.445. The summed E-state index contributed by atoms with van der Waals surface area (Å²) in [5, 5.41) is 15.5. The molecule has 2 fully saturated rings. The van der Waals surface area contributed by atoms with E-state index in [2.05, 4.69) is 10.6 Å². The SMILES string of the molecule is O=C1NC(=O)C2C1C(C=Cc1ccccc1)NC2(C(=O)O)c1ccccc1. The first-order valence-electron chi connectivity index (χ1n) is 8.68. The van der Waals surface area contributed by atoms with Crippen molar-refractivity contribution < 1.29 is 19.5 Å². The van der Waals surface area contributed by atoms with Gasteiger partial charge in [0.25, 0.3) is 0 Å². The van der Waals surface area contributed by atoms with Crippen molar-refractivity contribution in [3.63, 3.8) is 0 Å². The molecule has 0 bridgehead atoms. The molecule has 27 heavy (non-hydrogen) atoms. The van der Waals surface area contributed by atoms with Crippen molar-refractivity contribution in [2.24, 2.45) is 11.8 Å². The summed E-state index contributed by atoms with van der Waals surface area (Å²) in [7, 11) is 0. The summed E-state index contributed by atoms with van der Waals surface area (Å²) >= 11 is 0. The van der Waals surface area contributed by atoms with Gasteiger partial charge in [-0.3, -0.25) is 20.2 Å². The molecule has 2 heterocycles. The van der Waals surface area contributed by atoms with Gasteiger partial charge in [-0.25, -0.2) is 4.79 Å². The van der Waals surface area contributed by atoms with Crippen LogP contribution in [0.4, 0.5) is 0 Å². The van der Waals surface area contributed by atoms with Crippen LogP contribution in [0.2, 0.25) is 0 Å². The summed E-state index contributed by atoms with van der Waals surface area (Å²) in [6.45, 7) is 0. The van der Waals surface area contributed by atoms with Crippen molar-refractivity contribution in [2.45, 2.75) is 11.6 Å². The van der Waals surface area contributed by atoms with Crippen LogP contribution >= 0.6 is 0 Å². The van der Waals surface area contributed by atoms with E-state index < -0.39 is 41.2 Å². The van der Waals surface area contributed by atoms with Gasteiger partial charge in [0.05, 0.1) is 11.8 Å². The van der Waals surface area contributed by atoms with Crippen LogP contribution in [0.1, 0.15) is 11.1 Å². The Bertz CT molecular complexity index is 926. The van der Waals surface area contributed by atoms with E-state index in [0.29, 0.717) is 5.56 Å². The fraction of sp³-hybridized carbons (Fsp3) is 0.190. The Morgan fingerprint density at radius 1 is 0.963 bits per heavy atom. The second-order valence-electron chi connectivity index (χ2n) is 6.78. The zero-order chi connectivity index (χ0) is 19.0. The second kappa shape index (κ2) is 6.48. The molecule has 2 aliphatic rings. The molecule has 4 atom stereocenters. The van der Waals surface area contributed by atoms with E-state index in [0.717, 1.165) is 5.56 Å².